The Kier molecular flexibility index (Phi) is 2.58. The molecule has 4 atom stereocenters. The van der Waals surface area contributed by atoms with Crippen molar-refractivity contribution in [3.05, 3.63) is 29.3 Å². The van der Waals surface area contributed by atoms with Crippen LogP contribution >= 0.6 is 0 Å². The van der Waals surface area contributed by atoms with Crippen LogP contribution < -0.4 is 10.1 Å². The molecule has 21 heavy (non-hydrogen) atoms. The van der Waals surface area contributed by atoms with Gasteiger partial charge in [-0.05, 0) is 44.9 Å². The zero-order chi connectivity index (χ0) is 14.8. The maximum absolute atomic E-state index is 12.5. The minimum absolute atomic E-state index is 0.0454. The molecule has 1 aromatic rings. The fourth-order valence-electron chi connectivity index (χ4n) is 4.85. The predicted octanol–water partition coefficient (Wildman–Crippen LogP) is 1.47. The van der Waals surface area contributed by atoms with E-state index in [0.29, 0.717) is 12.8 Å². The van der Waals surface area contributed by atoms with E-state index < -0.39 is 17.1 Å². The molecule has 1 saturated heterocycles. The van der Waals surface area contributed by atoms with Gasteiger partial charge in [0, 0.05) is 18.0 Å². The molecular weight excluding hydrogens is 266 g/mol. The van der Waals surface area contributed by atoms with Gasteiger partial charge in [-0.1, -0.05) is 12.1 Å². The zero-order valence-corrected chi connectivity index (χ0v) is 12.5. The smallest absolute Gasteiger partial charge is 0.174 e. The Labute approximate surface area is 124 Å². The Morgan fingerprint density at radius 2 is 2.19 bits per heavy atom. The molecule has 0 aromatic heterocycles. The average Bonchev–Trinajstić information content (AvgIpc) is 2.80. The summed E-state index contributed by atoms with van der Waals surface area (Å²) in [6.07, 6.45) is 1.11. The van der Waals surface area contributed by atoms with Gasteiger partial charge in [0.15, 0.2) is 11.9 Å². The van der Waals surface area contributed by atoms with Gasteiger partial charge in [0.25, 0.3) is 0 Å². The van der Waals surface area contributed by atoms with E-state index in [4.69, 9.17) is 4.74 Å². The quantitative estimate of drug-likeness (QED) is 0.758. The fourth-order valence-corrected chi connectivity index (χ4v) is 4.85. The second-order valence-corrected chi connectivity index (χ2v) is 6.73. The second kappa shape index (κ2) is 4.08. The monoisotopic (exact) mass is 287 g/mol. The summed E-state index contributed by atoms with van der Waals surface area (Å²) in [5, 5.41) is 14.9. The number of Topliss-reactive ketones (excluding diaryl/α,β-unsaturated/α-hetero) is 1. The van der Waals surface area contributed by atoms with Crippen LogP contribution in [0.3, 0.4) is 0 Å². The van der Waals surface area contributed by atoms with Gasteiger partial charge < -0.3 is 15.2 Å². The van der Waals surface area contributed by atoms with Gasteiger partial charge in [-0.3, -0.25) is 4.79 Å². The molecule has 0 radical (unpaired) electrons. The number of ether oxygens (including phenoxy) is 1. The number of benzene rings is 1. The van der Waals surface area contributed by atoms with Crippen LogP contribution in [0, 0.1) is 6.92 Å². The fraction of sp³-hybridized carbons (Fsp3) is 0.588. The van der Waals surface area contributed by atoms with Gasteiger partial charge in [-0.15, -0.1) is 0 Å². The Bertz CT molecular complexity index is 628. The molecule has 4 rings (SSSR count). The summed E-state index contributed by atoms with van der Waals surface area (Å²) in [6, 6.07) is 5.88. The maximum Gasteiger partial charge on any atom is 0.174 e. The zero-order valence-electron chi connectivity index (χ0n) is 12.5. The molecule has 1 aliphatic carbocycles. The first-order valence-electron chi connectivity index (χ1n) is 7.76. The molecule has 112 valence electrons. The summed E-state index contributed by atoms with van der Waals surface area (Å²) in [7, 11) is 0. The highest BCUT2D eigenvalue weighted by atomic mass is 16.5. The largest absolute Gasteiger partial charge is 0.481 e. The lowest BCUT2D eigenvalue weighted by Gasteiger charge is -2.56. The summed E-state index contributed by atoms with van der Waals surface area (Å²) >= 11 is 0. The van der Waals surface area contributed by atoms with Crippen molar-refractivity contribution in [2.45, 2.75) is 56.3 Å². The van der Waals surface area contributed by atoms with Crippen LogP contribution in [0.4, 0.5) is 0 Å². The van der Waals surface area contributed by atoms with Gasteiger partial charge in [0.1, 0.15) is 5.75 Å². The Hall–Kier alpha value is -1.39. The third-order valence-electron chi connectivity index (χ3n) is 5.88. The number of piperidine rings is 1. The lowest BCUT2D eigenvalue weighted by atomic mass is 9.53. The van der Waals surface area contributed by atoms with Crippen LogP contribution in [0.5, 0.6) is 5.75 Å². The van der Waals surface area contributed by atoms with Crippen LogP contribution in [0.25, 0.3) is 0 Å². The third-order valence-corrected chi connectivity index (χ3v) is 5.88. The molecular formula is C17H21NO3. The molecule has 3 aliphatic rings. The highest BCUT2D eigenvalue weighted by Gasteiger charge is 2.68. The third kappa shape index (κ3) is 1.40. The van der Waals surface area contributed by atoms with Gasteiger partial charge in [-0.25, -0.2) is 0 Å². The van der Waals surface area contributed by atoms with Crippen LogP contribution in [0.1, 0.15) is 37.3 Å². The number of nitrogens with one attached hydrogen (secondary N) is 1. The van der Waals surface area contributed by atoms with Crippen LogP contribution in [0.15, 0.2) is 18.2 Å². The summed E-state index contributed by atoms with van der Waals surface area (Å²) in [5.74, 6) is 0.909. The molecule has 0 amide bonds. The number of rotatable bonds is 0. The summed E-state index contributed by atoms with van der Waals surface area (Å²) in [5.41, 5.74) is 0.644. The number of hydrogen-bond donors (Lipinski definition) is 2. The Balaban J connectivity index is 2.01. The predicted molar refractivity (Wildman–Crippen MR) is 78.5 cm³/mol. The molecule has 2 fully saturated rings. The van der Waals surface area contributed by atoms with Gasteiger partial charge >= 0.3 is 0 Å². The molecule has 2 N–H and O–H groups in total. The summed E-state index contributed by atoms with van der Waals surface area (Å²) in [4.78, 5) is 12.5. The summed E-state index contributed by atoms with van der Waals surface area (Å²) in [6.45, 7) is 4.86. The Morgan fingerprint density at radius 1 is 1.38 bits per heavy atom. The molecule has 4 nitrogen and oxygen atoms in total. The van der Waals surface area contributed by atoms with Gasteiger partial charge in [0.2, 0.25) is 0 Å². The lowest BCUT2D eigenvalue weighted by Crippen LogP contribution is -2.73. The average molecular weight is 287 g/mol. The minimum Gasteiger partial charge on any atom is -0.481 e. The Morgan fingerprint density at radius 3 is 3.00 bits per heavy atom. The first kappa shape index (κ1) is 13.3. The second-order valence-electron chi connectivity index (χ2n) is 6.73. The van der Waals surface area contributed by atoms with Crippen molar-refractivity contribution in [1.29, 1.82) is 0 Å². The van der Waals surface area contributed by atoms with E-state index in [1.807, 2.05) is 32.0 Å². The molecule has 1 aromatic carbocycles. The van der Waals surface area contributed by atoms with Crippen LogP contribution in [0.2, 0.25) is 0 Å². The number of aliphatic hydroxyl groups is 1. The normalized spacial score (nSPS) is 41.0. The first-order valence-corrected chi connectivity index (χ1v) is 7.76. The summed E-state index contributed by atoms with van der Waals surface area (Å²) < 4.78 is 6.04. The van der Waals surface area contributed by atoms with Crippen molar-refractivity contribution < 1.29 is 14.6 Å². The van der Waals surface area contributed by atoms with E-state index in [1.54, 1.807) is 0 Å². The van der Waals surface area contributed by atoms with E-state index in [0.717, 1.165) is 29.8 Å². The number of hydrogen-bond acceptors (Lipinski definition) is 4. The van der Waals surface area contributed by atoms with E-state index >= 15 is 0 Å². The minimum atomic E-state index is -0.929. The van der Waals surface area contributed by atoms with Crippen molar-refractivity contribution in [3.8, 4) is 5.75 Å². The highest BCUT2D eigenvalue weighted by Crippen LogP contribution is 2.58. The van der Waals surface area contributed by atoms with Gasteiger partial charge in [-0.2, -0.15) is 0 Å². The molecule has 0 bridgehead atoms. The van der Waals surface area contributed by atoms with Crippen LogP contribution in [-0.2, 0) is 10.2 Å². The number of carbonyl (C=O) groups excluding carboxylic acids is 1. The molecule has 1 spiro atoms. The molecule has 2 aliphatic heterocycles. The SMILES string of the molecule is Cc1cccc2c1C13CCNC(C)C1(O)CCC(=O)[C@@H]3O2. The first-order chi connectivity index (χ1) is 10.0. The number of fused-ring (bicyclic) bond motifs is 1. The molecule has 4 heteroatoms. The van der Waals surface area contributed by atoms with E-state index in [2.05, 4.69) is 5.32 Å². The van der Waals surface area contributed by atoms with E-state index in [1.165, 1.54) is 0 Å². The van der Waals surface area contributed by atoms with E-state index in [9.17, 15) is 9.90 Å². The topological polar surface area (TPSA) is 58.6 Å². The molecule has 2 heterocycles. The van der Waals surface area contributed by atoms with Gasteiger partial charge in [0.05, 0.1) is 11.0 Å². The van der Waals surface area contributed by atoms with Crippen molar-refractivity contribution >= 4 is 5.78 Å². The van der Waals surface area contributed by atoms with Crippen molar-refractivity contribution in [2.75, 3.05) is 6.54 Å². The number of carbonyl (C=O) groups is 1. The number of aryl methyl sites for hydroxylation is 1. The molecule has 1 saturated carbocycles. The van der Waals surface area contributed by atoms with Crippen LogP contribution in [-0.4, -0.2) is 35.2 Å². The molecule has 3 unspecified atom stereocenters. The standard InChI is InChI=1S/C17H21NO3/c1-10-4-3-5-13-14(10)16-8-9-18-11(2)17(16,20)7-6-12(19)15(16)21-13/h3-5,11,15,18,20H,6-9H2,1-2H3/t11?,15-,16?,17?/m0/s1. The number of ketones is 1. The van der Waals surface area contributed by atoms with Crippen molar-refractivity contribution in [3.63, 3.8) is 0 Å². The van der Waals surface area contributed by atoms with Crippen molar-refractivity contribution in [2.24, 2.45) is 0 Å². The lowest BCUT2D eigenvalue weighted by molar-refractivity contribution is -0.162. The highest BCUT2D eigenvalue weighted by molar-refractivity contribution is 5.89. The van der Waals surface area contributed by atoms with Crippen molar-refractivity contribution in [1.82, 2.24) is 5.32 Å². The van der Waals surface area contributed by atoms with E-state index in [-0.39, 0.29) is 11.8 Å². The maximum atomic E-state index is 12.5.